The summed E-state index contributed by atoms with van der Waals surface area (Å²) in [4.78, 5) is 14.4. The highest BCUT2D eigenvalue weighted by Gasteiger charge is 2.30. The van der Waals surface area contributed by atoms with E-state index in [1.807, 2.05) is 4.90 Å². The highest BCUT2D eigenvalue weighted by Crippen LogP contribution is 2.19. The third kappa shape index (κ3) is 2.99. The second-order valence-electron chi connectivity index (χ2n) is 6.02. The second-order valence-corrected chi connectivity index (χ2v) is 6.02. The van der Waals surface area contributed by atoms with Crippen LogP contribution in [0.2, 0.25) is 0 Å². The molecule has 1 amide bonds. The van der Waals surface area contributed by atoms with E-state index in [4.69, 9.17) is 9.47 Å². The predicted octanol–water partition coefficient (Wildman–Crippen LogP) is 1.85. The van der Waals surface area contributed by atoms with Crippen molar-refractivity contribution in [1.29, 1.82) is 0 Å². The Hall–Kier alpha value is -2.41. The third-order valence-electron chi connectivity index (χ3n) is 4.32. The predicted molar refractivity (Wildman–Crippen MR) is 83.2 cm³/mol. The minimum Gasteiger partial charge on any atom is -0.487 e. The first-order valence-corrected chi connectivity index (χ1v) is 8.05. The molecular weight excluding hydrogens is 313 g/mol. The molecule has 0 radical (unpaired) electrons. The number of carbonyl (C=O) groups excluding carboxylic acids is 1. The van der Waals surface area contributed by atoms with Crippen LogP contribution in [0.1, 0.15) is 22.6 Å². The van der Waals surface area contributed by atoms with Crippen LogP contribution < -0.4 is 4.74 Å². The smallest absolute Gasteiger partial charge is 0.272 e. The second kappa shape index (κ2) is 6.24. The monoisotopic (exact) mass is 331 g/mol. The molecule has 24 heavy (non-hydrogen) atoms. The lowest BCUT2D eigenvalue weighted by Crippen LogP contribution is -2.47. The van der Waals surface area contributed by atoms with Crippen molar-refractivity contribution in [3.8, 4) is 5.75 Å². The van der Waals surface area contributed by atoms with Crippen LogP contribution in [0.3, 0.4) is 0 Å². The lowest BCUT2D eigenvalue weighted by molar-refractivity contribution is -0.0640. The summed E-state index contributed by atoms with van der Waals surface area (Å²) in [5.74, 6) is 0.0676. The average molecular weight is 331 g/mol. The number of halogens is 1. The Kier molecular flexibility index (Phi) is 3.93. The van der Waals surface area contributed by atoms with Gasteiger partial charge in [-0.3, -0.25) is 9.48 Å². The number of nitrogens with zero attached hydrogens (tertiary/aromatic N) is 3. The molecule has 0 saturated carbocycles. The fourth-order valence-corrected chi connectivity index (χ4v) is 2.92. The van der Waals surface area contributed by atoms with Crippen LogP contribution in [0.25, 0.3) is 0 Å². The Balaban J connectivity index is 1.42. The number of hydrogen-bond acceptors (Lipinski definition) is 4. The van der Waals surface area contributed by atoms with E-state index in [0.29, 0.717) is 36.8 Å². The average Bonchev–Trinajstić information content (AvgIpc) is 2.95. The van der Waals surface area contributed by atoms with Crippen molar-refractivity contribution in [2.24, 2.45) is 0 Å². The van der Waals surface area contributed by atoms with E-state index in [2.05, 4.69) is 5.10 Å². The van der Waals surface area contributed by atoms with Gasteiger partial charge in [0.2, 0.25) is 0 Å². The lowest BCUT2D eigenvalue weighted by Gasteiger charge is -2.34. The highest BCUT2D eigenvalue weighted by molar-refractivity contribution is 5.93. The third-order valence-corrected chi connectivity index (χ3v) is 4.32. The topological polar surface area (TPSA) is 56.6 Å². The van der Waals surface area contributed by atoms with Gasteiger partial charge in [-0.15, -0.1) is 0 Å². The quantitative estimate of drug-likeness (QED) is 0.839. The van der Waals surface area contributed by atoms with Crippen molar-refractivity contribution in [3.05, 3.63) is 47.5 Å². The van der Waals surface area contributed by atoms with Crippen LogP contribution in [-0.2, 0) is 17.9 Å². The number of benzene rings is 1. The van der Waals surface area contributed by atoms with Crippen molar-refractivity contribution >= 4 is 5.91 Å². The van der Waals surface area contributed by atoms with Gasteiger partial charge in [-0.1, -0.05) is 6.07 Å². The zero-order valence-corrected chi connectivity index (χ0v) is 13.2. The summed E-state index contributed by atoms with van der Waals surface area (Å²) in [5.41, 5.74) is 1.22. The Bertz CT molecular complexity index is 757. The first-order chi connectivity index (χ1) is 11.7. The zero-order valence-electron chi connectivity index (χ0n) is 13.2. The van der Waals surface area contributed by atoms with Crippen LogP contribution in [-0.4, -0.2) is 46.4 Å². The van der Waals surface area contributed by atoms with Crippen molar-refractivity contribution in [1.82, 2.24) is 14.7 Å². The summed E-state index contributed by atoms with van der Waals surface area (Å²) >= 11 is 0. The number of hydrogen-bond donors (Lipinski definition) is 0. The summed E-state index contributed by atoms with van der Waals surface area (Å²) in [5, 5.41) is 4.41. The Morgan fingerprint density at radius 3 is 2.96 bits per heavy atom. The number of rotatable bonds is 5. The van der Waals surface area contributed by atoms with Crippen LogP contribution in [0.15, 0.2) is 30.3 Å². The summed E-state index contributed by atoms with van der Waals surface area (Å²) in [6, 6.07) is 7.70. The maximum Gasteiger partial charge on any atom is 0.272 e. The molecule has 1 aromatic heterocycles. The van der Waals surface area contributed by atoms with Gasteiger partial charge in [0, 0.05) is 25.8 Å². The number of ether oxygens (including phenoxy) is 2. The Labute approximate surface area is 138 Å². The Morgan fingerprint density at radius 1 is 1.33 bits per heavy atom. The fourth-order valence-electron chi connectivity index (χ4n) is 2.92. The number of carbonyl (C=O) groups is 1. The molecule has 4 rings (SSSR count). The molecule has 1 unspecified atom stereocenters. The molecule has 0 spiro atoms. The van der Waals surface area contributed by atoms with Gasteiger partial charge in [0.15, 0.2) is 0 Å². The highest BCUT2D eigenvalue weighted by atomic mass is 19.1. The number of aromatic nitrogens is 2. The fraction of sp³-hybridized carbons (Fsp3) is 0.412. The first-order valence-electron chi connectivity index (χ1n) is 8.05. The Morgan fingerprint density at radius 2 is 2.21 bits per heavy atom. The molecule has 0 N–H and O–H groups in total. The standard InChI is InChI=1S/C17H18FN3O3/c18-12-2-1-3-14(8-12)24-11-13-9-16-17(22)20(5-6-21(16)19-13)10-15-4-7-23-15/h1-3,8-9,15H,4-7,10-11H2. The van der Waals surface area contributed by atoms with Gasteiger partial charge in [-0.25, -0.2) is 4.39 Å². The van der Waals surface area contributed by atoms with E-state index >= 15 is 0 Å². The van der Waals surface area contributed by atoms with Crippen LogP contribution in [0.4, 0.5) is 4.39 Å². The van der Waals surface area contributed by atoms with Gasteiger partial charge in [0.25, 0.3) is 5.91 Å². The molecule has 2 aromatic rings. The SMILES string of the molecule is O=C1c2cc(COc3cccc(F)c3)nn2CCN1CC1CCO1. The first kappa shape index (κ1) is 15.1. The molecular formula is C17H18FN3O3. The number of fused-ring (bicyclic) bond motifs is 1. The molecule has 1 fully saturated rings. The van der Waals surface area contributed by atoms with Gasteiger partial charge in [-0.2, -0.15) is 5.10 Å². The van der Waals surface area contributed by atoms with E-state index < -0.39 is 0 Å². The summed E-state index contributed by atoms with van der Waals surface area (Å²) in [7, 11) is 0. The minimum atomic E-state index is -0.347. The molecule has 3 heterocycles. The van der Waals surface area contributed by atoms with Crippen molar-refractivity contribution < 1.29 is 18.7 Å². The molecule has 0 aliphatic carbocycles. The normalized spacial score (nSPS) is 19.8. The van der Waals surface area contributed by atoms with Gasteiger partial charge in [-0.05, 0) is 24.6 Å². The minimum absolute atomic E-state index is 0.0266. The van der Waals surface area contributed by atoms with Gasteiger partial charge >= 0.3 is 0 Å². The van der Waals surface area contributed by atoms with E-state index in [0.717, 1.165) is 13.0 Å². The molecule has 1 atom stereocenters. The van der Waals surface area contributed by atoms with Gasteiger partial charge in [0.1, 0.15) is 29.6 Å². The zero-order chi connectivity index (χ0) is 16.5. The van der Waals surface area contributed by atoms with E-state index in [-0.39, 0.29) is 24.4 Å². The molecule has 0 bridgehead atoms. The lowest BCUT2D eigenvalue weighted by atomic mass is 10.1. The van der Waals surface area contributed by atoms with Crippen molar-refractivity contribution in [2.75, 3.05) is 19.7 Å². The largest absolute Gasteiger partial charge is 0.487 e. The van der Waals surface area contributed by atoms with Crippen LogP contribution in [0, 0.1) is 5.82 Å². The molecule has 1 saturated heterocycles. The number of amides is 1. The van der Waals surface area contributed by atoms with Crippen LogP contribution in [0.5, 0.6) is 5.75 Å². The van der Waals surface area contributed by atoms with Gasteiger partial charge in [0.05, 0.1) is 12.6 Å². The van der Waals surface area contributed by atoms with E-state index in [1.54, 1.807) is 22.9 Å². The molecule has 2 aliphatic rings. The van der Waals surface area contributed by atoms with Gasteiger partial charge < -0.3 is 14.4 Å². The van der Waals surface area contributed by atoms with E-state index in [1.165, 1.54) is 12.1 Å². The maximum absolute atomic E-state index is 13.2. The van der Waals surface area contributed by atoms with Crippen molar-refractivity contribution in [3.63, 3.8) is 0 Å². The molecule has 7 heteroatoms. The van der Waals surface area contributed by atoms with Crippen molar-refractivity contribution in [2.45, 2.75) is 25.7 Å². The summed E-state index contributed by atoms with van der Waals surface area (Å²) < 4.78 is 25.8. The summed E-state index contributed by atoms with van der Waals surface area (Å²) in [6.45, 7) is 2.92. The van der Waals surface area contributed by atoms with E-state index in [9.17, 15) is 9.18 Å². The molecule has 2 aliphatic heterocycles. The van der Waals surface area contributed by atoms with Crippen LogP contribution >= 0.6 is 0 Å². The maximum atomic E-state index is 13.2. The summed E-state index contributed by atoms with van der Waals surface area (Å²) in [6.07, 6.45) is 1.18. The molecule has 1 aromatic carbocycles. The molecule has 6 nitrogen and oxygen atoms in total. The molecule has 126 valence electrons.